The summed E-state index contributed by atoms with van der Waals surface area (Å²) in [6, 6.07) is 5.74. The summed E-state index contributed by atoms with van der Waals surface area (Å²) in [6.07, 6.45) is 0.839. The molecule has 3 nitrogen and oxygen atoms in total. The zero-order valence-corrected chi connectivity index (χ0v) is 10.0. The summed E-state index contributed by atoms with van der Waals surface area (Å²) in [5.74, 6) is 0.795. The third-order valence-electron chi connectivity index (χ3n) is 2.62. The molecule has 0 aliphatic carbocycles. The first kappa shape index (κ1) is 10.5. The molecule has 15 heavy (non-hydrogen) atoms. The lowest BCUT2D eigenvalue weighted by molar-refractivity contribution is -0.120. The van der Waals surface area contributed by atoms with Crippen molar-refractivity contribution in [3.8, 4) is 5.75 Å². The lowest BCUT2D eigenvalue weighted by atomic mass is 9.97. The lowest BCUT2D eigenvalue weighted by Gasteiger charge is -2.12. The monoisotopic (exact) mass is 269 g/mol. The average molecular weight is 270 g/mol. The fourth-order valence-corrected chi connectivity index (χ4v) is 2.25. The highest BCUT2D eigenvalue weighted by Gasteiger charge is 2.28. The first-order valence-electron chi connectivity index (χ1n) is 4.83. The molecule has 0 aromatic heterocycles. The van der Waals surface area contributed by atoms with Crippen LogP contribution in [0, 0.1) is 0 Å². The maximum absolute atomic E-state index is 11.6. The molecular formula is C11H12BrNO2. The minimum Gasteiger partial charge on any atom is -0.496 e. The van der Waals surface area contributed by atoms with Gasteiger partial charge in [0, 0.05) is 16.6 Å². The maximum Gasteiger partial charge on any atom is 0.227 e. The van der Waals surface area contributed by atoms with Gasteiger partial charge >= 0.3 is 0 Å². The molecule has 1 aromatic carbocycles. The molecule has 1 aliphatic rings. The molecule has 1 saturated heterocycles. The number of hydrogen-bond acceptors (Lipinski definition) is 2. The second-order valence-electron chi connectivity index (χ2n) is 3.52. The van der Waals surface area contributed by atoms with Crippen molar-refractivity contribution >= 4 is 21.8 Å². The molecule has 1 unspecified atom stereocenters. The minimum atomic E-state index is -0.0718. The average Bonchev–Trinajstić information content (AvgIpc) is 2.64. The zero-order chi connectivity index (χ0) is 10.8. The molecule has 1 N–H and O–H groups in total. The first-order valence-corrected chi connectivity index (χ1v) is 5.63. The van der Waals surface area contributed by atoms with Gasteiger partial charge in [0.25, 0.3) is 0 Å². The Labute approximate surface area is 96.9 Å². The van der Waals surface area contributed by atoms with Crippen LogP contribution in [0.25, 0.3) is 0 Å². The van der Waals surface area contributed by atoms with Gasteiger partial charge in [0.2, 0.25) is 5.91 Å². The smallest absolute Gasteiger partial charge is 0.227 e. The van der Waals surface area contributed by atoms with Crippen molar-refractivity contribution < 1.29 is 9.53 Å². The number of amides is 1. The highest BCUT2D eigenvalue weighted by molar-refractivity contribution is 9.10. The van der Waals surface area contributed by atoms with Crippen LogP contribution in [-0.4, -0.2) is 19.6 Å². The van der Waals surface area contributed by atoms with Crippen molar-refractivity contribution in [2.75, 3.05) is 13.7 Å². The first-order chi connectivity index (χ1) is 7.22. The summed E-state index contributed by atoms with van der Waals surface area (Å²) in [6.45, 7) is 0.749. The van der Waals surface area contributed by atoms with Gasteiger partial charge in [-0.3, -0.25) is 4.79 Å². The summed E-state index contributed by atoms with van der Waals surface area (Å²) in [7, 11) is 1.62. The van der Waals surface area contributed by atoms with Gasteiger partial charge < -0.3 is 10.1 Å². The van der Waals surface area contributed by atoms with E-state index in [9.17, 15) is 4.79 Å². The molecule has 0 saturated carbocycles. The fraction of sp³-hybridized carbons (Fsp3) is 0.364. The van der Waals surface area contributed by atoms with E-state index >= 15 is 0 Å². The highest BCUT2D eigenvalue weighted by atomic mass is 79.9. The van der Waals surface area contributed by atoms with E-state index in [1.807, 2.05) is 18.2 Å². The molecule has 1 amide bonds. The SMILES string of the molecule is COc1ccc(Br)cc1C1CCNC1=O. The van der Waals surface area contributed by atoms with Crippen LogP contribution in [0.1, 0.15) is 17.9 Å². The number of benzene rings is 1. The van der Waals surface area contributed by atoms with Crippen LogP contribution in [0.2, 0.25) is 0 Å². The van der Waals surface area contributed by atoms with Crippen LogP contribution in [0.3, 0.4) is 0 Å². The van der Waals surface area contributed by atoms with Gasteiger partial charge in [-0.15, -0.1) is 0 Å². The van der Waals surface area contributed by atoms with Crippen LogP contribution in [-0.2, 0) is 4.79 Å². The predicted octanol–water partition coefficient (Wildman–Crippen LogP) is 2.06. The van der Waals surface area contributed by atoms with E-state index < -0.39 is 0 Å². The number of nitrogens with one attached hydrogen (secondary N) is 1. The van der Waals surface area contributed by atoms with Crippen LogP contribution >= 0.6 is 15.9 Å². The second kappa shape index (κ2) is 4.23. The van der Waals surface area contributed by atoms with Crippen molar-refractivity contribution in [3.05, 3.63) is 28.2 Å². The van der Waals surface area contributed by atoms with Crippen molar-refractivity contribution in [3.63, 3.8) is 0 Å². The molecule has 1 heterocycles. The fourth-order valence-electron chi connectivity index (χ4n) is 1.87. The van der Waals surface area contributed by atoms with E-state index in [2.05, 4.69) is 21.2 Å². The van der Waals surface area contributed by atoms with E-state index in [1.54, 1.807) is 7.11 Å². The Morgan fingerprint density at radius 1 is 1.53 bits per heavy atom. The van der Waals surface area contributed by atoms with Crippen LogP contribution < -0.4 is 10.1 Å². The topological polar surface area (TPSA) is 38.3 Å². The molecule has 1 fully saturated rings. The number of carbonyl (C=O) groups is 1. The number of halogens is 1. The van der Waals surface area contributed by atoms with Gasteiger partial charge in [0.1, 0.15) is 5.75 Å². The third kappa shape index (κ3) is 2.00. The number of hydrogen-bond donors (Lipinski definition) is 1. The lowest BCUT2D eigenvalue weighted by Crippen LogP contribution is -2.18. The van der Waals surface area contributed by atoms with Gasteiger partial charge in [0.15, 0.2) is 0 Å². The Bertz CT molecular complexity index is 392. The predicted molar refractivity (Wildman–Crippen MR) is 61.1 cm³/mol. The Morgan fingerprint density at radius 3 is 2.93 bits per heavy atom. The Kier molecular flexibility index (Phi) is 2.95. The molecule has 80 valence electrons. The summed E-state index contributed by atoms with van der Waals surface area (Å²) in [5, 5.41) is 2.83. The Morgan fingerprint density at radius 2 is 2.33 bits per heavy atom. The van der Waals surface area contributed by atoms with E-state index in [0.717, 1.165) is 28.8 Å². The quantitative estimate of drug-likeness (QED) is 0.893. The van der Waals surface area contributed by atoms with E-state index in [1.165, 1.54) is 0 Å². The van der Waals surface area contributed by atoms with Crippen molar-refractivity contribution in [1.29, 1.82) is 0 Å². The van der Waals surface area contributed by atoms with E-state index in [-0.39, 0.29) is 11.8 Å². The van der Waals surface area contributed by atoms with E-state index in [0.29, 0.717) is 0 Å². The number of rotatable bonds is 2. The van der Waals surface area contributed by atoms with Gasteiger partial charge in [-0.05, 0) is 24.6 Å². The van der Waals surface area contributed by atoms with Gasteiger partial charge in [0.05, 0.1) is 13.0 Å². The number of ether oxygens (including phenoxy) is 1. The number of methoxy groups -OCH3 is 1. The minimum absolute atomic E-state index is 0.0718. The molecule has 1 aliphatic heterocycles. The molecular weight excluding hydrogens is 258 g/mol. The third-order valence-corrected chi connectivity index (χ3v) is 3.11. The van der Waals surface area contributed by atoms with Crippen LogP contribution in [0.5, 0.6) is 5.75 Å². The molecule has 0 spiro atoms. The maximum atomic E-state index is 11.6. The summed E-state index contributed by atoms with van der Waals surface area (Å²) in [4.78, 5) is 11.6. The summed E-state index contributed by atoms with van der Waals surface area (Å²) >= 11 is 3.41. The molecule has 0 bridgehead atoms. The van der Waals surface area contributed by atoms with Gasteiger partial charge in [-0.1, -0.05) is 15.9 Å². The molecule has 0 radical (unpaired) electrons. The van der Waals surface area contributed by atoms with Crippen molar-refractivity contribution in [2.45, 2.75) is 12.3 Å². The highest BCUT2D eigenvalue weighted by Crippen LogP contribution is 2.33. The molecule has 1 aromatic rings. The summed E-state index contributed by atoms with van der Waals surface area (Å²) < 4.78 is 6.23. The van der Waals surface area contributed by atoms with Gasteiger partial charge in [-0.25, -0.2) is 0 Å². The Hall–Kier alpha value is -1.03. The zero-order valence-electron chi connectivity index (χ0n) is 8.42. The van der Waals surface area contributed by atoms with Crippen molar-refractivity contribution in [2.24, 2.45) is 0 Å². The van der Waals surface area contributed by atoms with Crippen LogP contribution in [0.15, 0.2) is 22.7 Å². The molecule has 2 rings (SSSR count). The molecule has 1 atom stereocenters. The van der Waals surface area contributed by atoms with Crippen molar-refractivity contribution in [1.82, 2.24) is 5.32 Å². The van der Waals surface area contributed by atoms with Crippen LogP contribution in [0.4, 0.5) is 0 Å². The standard InChI is InChI=1S/C11H12BrNO2/c1-15-10-3-2-7(12)6-9(10)8-4-5-13-11(8)14/h2-3,6,8H,4-5H2,1H3,(H,13,14). The normalized spacial score (nSPS) is 20.1. The van der Waals surface area contributed by atoms with E-state index in [4.69, 9.17) is 4.74 Å². The number of carbonyl (C=O) groups excluding carboxylic acids is 1. The largest absolute Gasteiger partial charge is 0.496 e. The Balaban J connectivity index is 2.40. The van der Waals surface area contributed by atoms with Gasteiger partial charge in [-0.2, -0.15) is 0 Å². The second-order valence-corrected chi connectivity index (χ2v) is 4.43. The molecule has 4 heteroatoms. The summed E-state index contributed by atoms with van der Waals surface area (Å²) in [5.41, 5.74) is 0.960.